The molecule has 4 aromatic heterocycles. The number of carboxylic acids is 2. The van der Waals surface area contributed by atoms with Crippen molar-refractivity contribution in [2.75, 3.05) is 0 Å². The molecule has 9 nitrogen and oxygen atoms in total. The van der Waals surface area contributed by atoms with Gasteiger partial charge in [-0.05, 0) is 51.7 Å². The summed E-state index contributed by atoms with van der Waals surface area (Å²) in [4.78, 5) is 42.4. The summed E-state index contributed by atoms with van der Waals surface area (Å²) in [6, 6.07) is 0. The quantitative estimate of drug-likeness (QED) is 0.244. The Hall–Kier alpha value is -4.56. The van der Waals surface area contributed by atoms with Gasteiger partial charge in [-0.1, -0.05) is 88.0 Å². The summed E-state index contributed by atoms with van der Waals surface area (Å²) >= 11 is 0. The van der Waals surface area contributed by atoms with Crippen LogP contribution in [0.2, 0.25) is 0 Å². The second kappa shape index (κ2) is 12.6. The second-order valence-corrected chi connectivity index (χ2v) is 10.7. The van der Waals surface area contributed by atoms with E-state index >= 15 is 0 Å². The van der Waals surface area contributed by atoms with Gasteiger partial charge in [0.1, 0.15) is 0 Å². The van der Waals surface area contributed by atoms with Gasteiger partial charge in [-0.15, -0.1) is 33.1 Å². The van der Waals surface area contributed by atoms with Crippen LogP contribution in [0.15, 0.2) is 13.2 Å². The van der Waals surface area contributed by atoms with Crippen LogP contribution in [-0.2, 0) is 41.9 Å². The number of rotatable bonds is 8. The molecule has 5 rings (SSSR count). The van der Waals surface area contributed by atoms with Crippen LogP contribution in [0.3, 0.4) is 0 Å². The number of hydrogen-bond acceptors (Lipinski definition) is 3. The van der Waals surface area contributed by atoms with Crippen molar-refractivity contribution in [1.29, 1.82) is 0 Å². The van der Waals surface area contributed by atoms with Gasteiger partial charge in [0, 0.05) is 32.3 Å². The van der Waals surface area contributed by atoms with Crippen LogP contribution < -0.4 is 41.3 Å². The maximum absolute atomic E-state index is 11.6. The van der Waals surface area contributed by atoms with E-state index in [-0.39, 0.29) is 50.9 Å². The Kier molecular flexibility index (Phi) is 9.26. The number of carbonyl (C=O) groups is 2. The number of aliphatic hydroxyl groups is 1. The van der Waals surface area contributed by atoms with Gasteiger partial charge in [-0.3, -0.25) is 9.59 Å². The van der Waals surface area contributed by atoms with Crippen LogP contribution in [0.25, 0.3) is 36.1 Å². The molecular weight excluding hydrogens is 610 g/mol. The van der Waals surface area contributed by atoms with Gasteiger partial charge in [-0.2, -0.15) is 0 Å². The van der Waals surface area contributed by atoms with Crippen LogP contribution in [0.5, 0.6) is 0 Å². The summed E-state index contributed by atoms with van der Waals surface area (Å²) < 4.78 is 0. The zero-order valence-electron chi connectivity index (χ0n) is 25.3. The third-order valence-electron chi connectivity index (χ3n) is 8.16. The summed E-state index contributed by atoms with van der Waals surface area (Å²) in [5.41, 5.74) is 8.17. The van der Waals surface area contributed by atoms with E-state index in [2.05, 4.69) is 13.2 Å². The normalized spacial score (nSPS) is 14.0. The molecule has 44 heavy (non-hydrogen) atoms. The molecule has 0 aliphatic carbocycles. The average Bonchev–Trinajstić information content (AvgIpc) is 3.63. The van der Waals surface area contributed by atoms with Gasteiger partial charge in [0.2, 0.25) is 0 Å². The summed E-state index contributed by atoms with van der Waals surface area (Å²) in [7, 11) is 0. The third-order valence-corrected chi connectivity index (χ3v) is 8.16. The van der Waals surface area contributed by atoms with E-state index in [1.54, 1.807) is 25.2 Å². The predicted octanol–water partition coefficient (Wildman–Crippen LogP) is 1.58. The first-order valence-electron chi connectivity index (χ1n) is 13.9. The number of aliphatic carboxylic acids is 2. The van der Waals surface area contributed by atoms with Crippen molar-refractivity contribution < 1.29 is 44.4 Å². The van der Waals surface area contributed by atoms with Crippen LogP contribution in [0.1, 0.15) is 80.1 Å². The fourth-order valence-electron chi connectivity index (χ4n) is 5.73. The zero-order chi connectivity index (χ0) is 31.2. The summed E-state index contributed by atoms with van der Waals surface area (Å²) in [6.07, 6.45) is 9.11. The molecule has 8 bridgehead atoms. The smallest absolute Gasteiger partial charge is 0.303 e. The molecule has 1 aliphatic rings. The van der Waals surface area contributed by atoms with Gasteiger partial charge in [0.15, 0.2) is 0 Å². The fourth-order valence-corrected chi connectivity index (χ4v) is 5.73. The minimum atomic E-state index is -0.958. The first-order chi connectivity index (χ1) is 20.4. The van der Waals surface area contributed by atoms with E-state index in [0.717, 1.165) is 33.4 Å². The third kappa shape index (κ3) is 5.70. The number of nitrogens with zero attached hydrogens (tertiary/aromatic N) is 4. The molecule has 1 aliphatic heterocycles. The van der Waals surface area contributed by atoms with E-state index in [9.17, 15) is 24.9 Å². The van der Waals surface area contributed by atoms with E-state index in [4.69, 9.17) is 19.9 Å². The standard InChI is InChI=1S/C34H32N4O5.Zn/c1-7-20-16(3)24-14-27-21(8-2)18(5)32(37-27)34(43)33-19(6)23(10-12-31(41)42)29(38-33)15-28-22(9-11-30(39)40)17(4)25(36-28)13-26(20)35-24;/h7-8,13-15,43H,1-2,9-12H2,3-6H3,(H,39,40)(H,41,42);/q-4;/b24-14?,25-13?,26-13?,27-14?,28-15?,29-15-,34-32?,34-33+;. The van der Waals surface area contributed by atoms with Gasteiger partial charge < -0.3 is 35.3 Å². The van der Waals surface area contributed by atoms with Crippen molar-refractivity contribution >= 4 is 48.1 Å². The molecule has 0 unspecified atom stereocenters. The van der Waals surface area contributed by atoms with Crippen LogP contribution >= 0.6 is 0 Å². The van der Waals surface area contributed by atoms with Crippen molar-refractivity contribution in [2.24, 2.45) is 0 Å². The van der Waals surface area contributed by atoms with Gasteiger partial charge in [0.25, 0.3) is 0 Å². The van der Waals surface area contributed by atoms with Crippen molar-refractivity contribution in [3.05, 3.63) is 102 Å². The maximum Gasteiger partial charge on any atom is 0.303 e. The summed E-state index contributed by atoms with van der Waals surface area (Å²) in [5, 5.41) is 32.6. The molecule has 10 heteroatoms. The summed E-state index contributed by atoms with van der Waals surface area (Å²) in [5.74, 6) is -2.02. The molecule has 224 valence electrons. The van der Waals surface area contributed by atoms with Crippen molar-refractivity contribution in [3.63, 3.8) is 0 Å². The van der Waals surface area contributed by atoms with Crippen LogP contribution in [0.4, 0.5) is 0 Å². The second-order valence-electron chi connectivity index (χ2n) is 10.7. The van der Waals surface area contributed by atoms with E-state index < -0.39 is 11.9 Å². The molecule has 0 aromatic carbocycles. The molecule has 0 atom stereocenters. The van der Waals surface area contributed by atoms with Crippen molar-refractivity contribution in [2.45, 2.75) is 53.4 Å². The first-order valence-corrected chi connectivity index (χ1v) is 13.9. The van der Waals surface area contributed by atoms with Gasteiger partial charge in [-0.25, -0.2) is 0 Å². The zero-order valence-corrected chi connectivity index (χ0v) is 28.3. The Morgan fingerprint density at radius 1 is 0.682 bits per heavy atom. The molecule has 3 N–H and O–H groups in total. The van der Waals surface area contributed by atoms with E-state index in [0.29, 0.717) is 55.3 Å². The number of fused-ring (bicyclic) bond motifs is 8. The molecule has 0 radical (unpaired) electrons. The molecule has 0 amide bonds. The molecule has 0 spiro atoms. The Balaban J connectivity index is 0.00000442. The number of hydrogen-bond donors (Lipinski definition) is 3. The number of aromatic nitrogens is 4. The fraction of sp³-hybridized carbons (Fsp3) is 0.235. The van der Waals surface area contributed by atoms with Crippen LogP contribution in [-0.4, -0.2) is 27.3 Å². The summed E-state index contributed by atoms with van der Waals surface area (Å²) in [6.45, 7) is 15.5. The Morgan fingerprint density at radius 2 is 1.27 bits per heavy atom. The van der Waals surface area contributed by atoms with Gasteiger partial charge in [0.05, 0.1) is 5.76 Å². The molecule has 0 saturated carbocycles. The predicted molar refractivity (Wildman–Crippen MR) is 164 cm³/mol. The topological polar surface area (TPSA) is 151 Å². The number of carboxylic acid groups (broad SMARTS) is 2. The minimum Gasteiger partial charge on any atom is -0.657 e. The molecule has 0 fully saturated rings. The van der Waals surface area contributed by atoms with Gasteiger partial charge >= 0.3 is 11.9 Å². The van der Waals surface area contributed by atoms with E-state index in [1.165, 1.54) is 0 Å². The molecule has 0 saturated heterocycles. The van der Waals surface area contributed by atoms with Crippen molar-refractivity contribution in [1.82, 2.24) is 19.9 Å². The Morgan fingerprint density at radius 3 is 1.89 bits per heavy atom. The number of aliphatic hydroxyl groups excluding tert-OH is 1. The molecule has 5 heterocycles. The van der Waals surface area contributed by atoms with E-state index in [1.807, 2.05) is 32.9 Å². The van der Waals surface area contributed by atoms with Crippen molar-refractivity contribution in [3.8, 4) is 0 Å². The Labute approximate surface area is 266 Å². The Bertz CT molecular complexity index is 2080. The largest absolute Gasteiger partial charge is 0.657 e. The molecule has 4 aromatic rings. The van der Waals surface area contributed by atoms with Crippen LogP contribution in [0, 0.1) is 27.7 Å². The SMILES string of the molecule is C=Cc1c2[n-]c(c1C)/C(O)=c1\[n-]/c(c(CCC(=O)O)c1C)=C\c1[n-]c(c(C)c1CCC(=O)O)C=c1[n-]c(c(C)c1C=C)=C2.[Zn]. The monoisotopic (exact) mass is 640 g/mol. The molecular formula is C34H32N4O5Zn-4. The first kappa shape index (κ1) is 32.4. The average molecular weight is 642 g/mol. The maximum atomic E-state index is 11.6. The minimum absolute atomic E-state index is 0.